The number of aliphatic carboxylic acids is 1. The van der Waals surface area contributed by atoms with Gasteiger partial charge in [0.15, 0.2) is 11.5 Å². The average molecular weight is 335 g/mol. The van der Waals surface area contributed by atoms with Crippen molar-refractivity contribution >= 4 is 11.9 Å². The standard InChI is InChI=1S/C18H25NO5/c1-6-9-24-14-8-7-13(10-15(14)23-5)17(22)19-18(4,12(2)3)11-16(20)21/h6-8,10,12H,1,9,11H2,2-5H3,(H,19,22)(H,20,21). The van der Waals surface area contributed by atoms with E-state index in [1.54, 1.807) is 31.2 Å². The second kappa shape index (κ2) is 8.38. The third-order valence-electron chi connectivity index (χ3n) is 3.97. The highest BCUT2D eigenvalue weighted by Gasteiger charge is 2.33. The van der Waals surface area contributed by atoms with E-state index in [0.29, 0.717) is 23.7 Å². The molecule has 0 saturated carbocycles. The van der Waals surface area contributed by atoms with E-state index >= 15 is 0 Å². The molecule has 6 heteroatoms. The Bertz CT molecular complexity index is 611. The molecule has 1 amide bonds. The van der Waals surface area contributed by atoms with Gasteiger partial charge in [0.1, 0.15) is 6.61 Å². The van der Waals surface area contributed by atoms with Gasteiger partial charge in [-0.05, 0) is 31.0 Å². The van der Waals surface area contributed by atoms with Crippen LogP contribution in [0.3, 0.4) is 0 Å². The molecule has 0 heterocycles. The third-order valence-corrected chi connectivity index (χ3v) is 3.97. The van der Waals surface area contributed by atoms with E-state index in [-0.39, 0.29) is 18.2 Å². The van der Waals surface area contributed by atoms with Crippen LogP contribution in [0.4, 0.5) is 0 Å². The van der Waals surface area contributed by atoms with Crippen LogP contribution in [-0.4, -0.2) is 36.2 Å². The fraction of sp³-hybridized carbons (Fsp3) is 0.444. The van der Waals surface area contributed by atoms with E-state index in [4.69, 9.17) is 14.6 Å². The lowest BCUT2D eigenvalue weighted by Crippen LogP contribution is -2.51. The Morgan fingerprint density at radius 2 is 2.04 bits per heavy atom. The summed E-state index contributed by atoms with van der Waals surface area (Å²) in [5.74, 6) is -0.437. The number of ether oxygens (including phenoxy) is 2. The average Bonchev–Trinajstić information content (AvgIpc) is 2.51. The van der Waals surface area contributed by atoms with Gasteiger partial charge in [-0.3, -0.25) is 9.59 Å². The molecule has 0 aromatic heterocycles. The summed E-state index contributed by atoms with van der Waals surface area (Å²) in [6, 6.07) is 4.81. The summed E-state index contributed by atoms with van der Waals surface area (Å²) in [7, 11) is 1.49. The minimum Gasteiger partial charge on any atom is -0.493 e. The number of methoxy groups -OCH3 is 1. The molecule has 6 nitrogen and oxygen atoms in total. The van der Waals surface area contributed by atoms with Crippen LogP contribution >= 0.6 is 0 Å². The summed E-state index contributed by atoms with van der Waals surface area (Å²) in [5, 5.41) is 11.9. The first-order valence-corrected chi connectivity index (χ1v) is 7.69. The van der Waals surface area contributed by atoms with Crippen molar-refractivity contribution in [2.24, 2.45) is 5.92 Å². The maximum Gasteiger partial charge on any atom is 0.305 e. The smallest absolute Gasteiger partial charge is 0.305 e. The highest BCUT2D eigenvalue weighted by Crippen LogP contribution is 2.29. The molecule has 0 aliphatic carbocycles. The van der Waals surface area contributed by atoms with Gasteiger partial charge in [-0.2, -0.15) is 0 Å². The molecular formula is C18H25NO5. The number of carbonyl (C=O) groups is 2. The van der Waals surface area contributed by atoms with Crippen LogP contribution in [0.25, 0.3) is 0 Å². The molecule has 1 unspecified atom stereocenters. The van der Waals surface area contributed by atoms with Gasteiger partial charge in [0.25, 0.3) is 5.91 Å². The number of benzene rings is 1. The van der Waals surface area contributed by atoms with Crippen molar-refractivity contribution < 1.29 is 24.2 Å². The number of amides is 1. The maximum absolute atomic E-state index is 12.5. The minimum absolute atomic E-state index is 0.0466. The van der Waals surface area contributed by atoms with Crippen LogP contribution < -0.4 is 14.8 Å². The normalized spacial score (nSPS) is 13.0. The van der Waals surface area contributed by atoms with Crippen LogP contribution in [0.1, 0.15) is 37.6 Å². The Balaban J connectivity index is 3.01. The predicted molar refractivity (Wildman–Crippen MR) is 91.6 cm³/mol. The van der Waals surface area contributed by atoms with Crippen molar-refractivity contribution in [3.05, 3.63) is 36.4 Å². The van der Waals surface area contributed by atoms with Crippen molar-refractivity contribution in [1.82, 2.24) is 5.32 Å². The molecule has 1 atom stereocenters. The SMILES string of the molecule is C=CCOc1ccc(C(=O)NC(C)(CC(=O)O)C(C)C)cc1OC. The Kier molecular flexibility index (Phi) is 6.82. The lowest BCUT2D eigenvalue weighted by molar-refractivity contribution is -0.138. The number of carbonyl (C=O) groups excluding carboxylic acids is 1. The van der Waals surface area contributed by atoms with Gasteiger partial charge < -0.3 is 19.9 Å². The molecule has 0 saturated heterocycles. The quantitative estimate of drug-likeness (QED) is 0.678. The molecule has 0 aliphatic rings. The molecule has 2 N–H and O–H groups in total. The van der Waals surface area contributed by atoms with Gasteiger partial charge in [0.2, 0.25) is 0 Å². The van der Waals surface area contributed by atoms with E-state index in [9.17, 15) is 9.59 Å². The lowest BCUT2D eigenvalue weighted by Gasteiger charge is -2.33. The van der Waals surface area contributed by atoms with Crippen LogP contribution in [0, 0.1) is 5.92 Å². The van der Waals surface area contributed by atoms with Crippen LogP contribution in [0.5, 0.6) is 11.5 Å². The van der Waals surface area contributed by atoms with E-state index in [1.165, 1.54) is 7.11 Å². The van der Waals surface area contributed by atoms with E-state index in [2.05, 4.69) is 11.9 Å². The van der Waals surface area contributed by atoms with E-state index in [0.717, 1.165) is 0 Å². The van der Waals surface area contributed by atoms with Gasteiger partial charge in [-0.25, -0.2) is 0 Å². The number of hydrogen-bond donors (Lipinski definition) is 2. The van der Waals surface area contributed by atoms with Crippen molar-refractivity contribution in [2.75, 3.05) is 13.7 Å². The number of rotatable bonds is 9. The second-order valence-electron chi connectivity index (χ2n) is 6.06. The fourth-order valence-corrected chi connectivity index (χ4v) is 2.12. The zero-order chi connectivity index (χ0) is 18.3. The predicted octanol–water partition coefficient (Wildman–Crippen LogP) is 2.88. The monoisotopic (exact) mass is 335 g/mol. The van der Waals surface area contributed by atoms with Gasteiger partial charge >= 0.3 is 5.97 Å². The molecule has 0 aliphatic heterocycles. The number of nitrogens with one attached hydrogen (secondary N) is 1. The van der Waals surface area contributed by atoms with Crippen LogP contribution in [-0.2, 0) is 4.79 Å². The summed E-state index contributed by atoms with van der Waals surface area (Å²) in [4.78, 5) is 23.6. The van der Waals surface area contributed by atoms with Gasteiger partial charge in [0.05, 0.1) is 19.1 Å². The van der Waals surface area contributed by atoms with Crippen molar-refractivity contribution in [3.63, 3.8) is 0 Å². The molecule has 1 aromatic carbocycles. The van der Waals surface area contributed by atoms with E-state index < -0.39 is 11.5 Å². The number of hydrogen-bond acceptors (Lipinski definition) is 4. The summed E-state index contributed by atoms with van der Waals surface area (Å²) >= 11 is 0. The van der Waals surface area contributed by atoms with Gasteiger partial charge in [-0.15, -0.1) is 0 Å². The zero-order valence-corrected chi connectivity index (χ0v) is 14.6. The summed E-state index contributed by atoms with van der Waals surface area (Å²) < 4.78 is 10.7. The molecule has 0 spiro atoms. The molecule has 1 aromatic rings. The molecular weight excluding hydrogens is 310 g/mol. The first-order chi connectivity index (χ1) is 11.2. The van der Waals surface area contributed by atoms with Crippen LogP contribution in [0.2, 0.25) is 0 Å². The number of carboxylic acids is 1. The first-order valence-electron chi connectivity index (χ1n) is 7.69. The fourth-order valence-electron chi connectivity index (χ4n) is 2.12. The molecule has 1 rings (SSSR count). The van der Waals surface area contributed by atoms with Crippen molar-refractivity contribution in [3.8, 4) is 11.5 Å². The molecule has 24 heavy (non-hydrogen) atoms. The Morgan fingerprint density at radius 3 is 2.54 bits per heavy atom. The zero-order valence-electron chi connectivity index (χ0n) is 14.6. The van der Waals surface area contributed by atoms with E-state index in [1.807, 2.05) is 13.8 Å². The second-order valence-corrected chi connectivity index (χ2v) is 6.06. The van der Waals surface area contributed by atoms with Gasteiger partial charge in [-0.1, -0.05) is 26.5 Å². The van der Waals surface area contributed by atoms with Crippen molar-refractivity contribution in [2.45, 2.75) is 32.7 Å². The highest BCUT2D eigenvalue weighted by molar-refractivity contribution is 5.95. The summed E-state index contributed by atoms with van der Waals surface area (Å²) in [6.07, 6.45) is 1.45. The Hall–Kier alpha value is -2.50. The third kappa shape index (κ3) is 5.01. The van der Waals surface area contributed by atoms with Gasteiger partial charge in [0, 0.05) is 5.56 Å². The van der Waals surface area contributed by atoms with Crippen molar-refractivity contribution in [1.29, 1.82) is 0 Å². The highest BCUT2D eigenvalue weighted by atomic mass is 16.5. The largest absolute Gasteiger partial charge is 0.493 e. The molecule has 132 valence electrons. The molecule has 0 bridgehead atoms. The molecule has 0 fully saturated rings. The summed E-state index contributed by atoms with van der Waals surface area (Å²) in [5.41, 5.74) is -0.483. The maximum atomic E-state index is 12.5. The lowest BCUT2D eigenvalue weighted by atomic mass is 9.85. The Labute approximate surface area is 142 Å². The van der Waals surface area contributed by atoms with Crippen LogP contribution in [0.15, 0.2) is 30.9 Å². The topological polar surface area (TPSA) is 84.9 Å². The molecule has 0 radical (unpaired) electrons. The summed E-state index contributed by atoms with van der Waals surface area (Å²) in [6.45, 7) is 9.37. The number of carboxylic acid groups (broad SMARTS) is 1. The first kappa shape index (κ1) is 19.5. The Morgan fingerprint density at radius 1 is 1.38 bits per heavy atom. The minimum atomic E-state index is -0.961.